The Labute approximate surface area is 142 Å². The van der Waals surface area contributed by atoms with Gasteiger partial charge in [0.05, 0.1) is 36.1 Å². The van der Waals surface area contributed by atoms with Gasteiger partial charge in [0, 0.05) is 13.1 Å². The van der Waals surface area contributed by atoms with E-state index in [0.717, 1.165) is 37.3 Å². The number of carbonyl (C=O) groups excluding carboxylic acids is 2. The van der Waals surface area contributed by atoms with Crippen LogP contribution in [-0.2, 0) is 11.3 Å². The van der Waals surface area contributed by atoms with E-state index in [1.54, 1.807) is 0 Å². The van der Waals surface area contributed by atoms with Gasteiger partial charge in [-0.3, -0.25) is 19.5 Å². The minimum absolute atomic E-state index is 0.0614. The standard InChI is InChI=1S/C17H25N5O2/c1-20(2)8-9-22-10-14-12(17(22)24)5-6-13(19-14)15-4-3-7-21(15)11-16(18)23/h5-6,15H,3-4,7-11H2,1-2H3,(H2,18,23). The molecule has 2 aliphatic rings. The van der Waals surface area contributed by atoms with Gasteiger partial charge in [0.15, 0.2) is 0 Å². The molecule has 0 aliphatic carbocycles. The second-order valence-electron chi connectivity index (χ2n) is 6.86. The van der Waals surface area contributed by atoms with Gasteiger partial charge in [-0.15, -0.1) is 0 Å². The van der Waals surface area contributed by atoms with Gasteiger partial charge in [-0.2, -0.15) is 0 Å². The van der Waals surface area contributed by atoms with E-state index in [1.165, 1.54) is 0 Å². The Morgan fingerprint density at radius 2 is 2.21 bits per heavy atom. The number of nitrogens with zero attached hydrogens (tertiary/aromatic N) is 4. The van der Waals surface area contributed by atoms with Crippen molar-refractivity contribution in [2.45, 2.75) is 25.4 Å². The smallest absolute Gasteiger partial charge is 0.256 e. The van der Waals surface area contributed by atoms with Gasteiger partial charge in [-0.1, -0.05) is 0 Å². The van der Waals surface area contributed by atoms with E-state index < -0.39 is 0 Å². The van der Waals surface area contributed by atoms with Gasteiger partial charge in [0.25, 0.3) is 5.91 Å². The van der Waals surface area contributed by atoms with Crippen LogP contribution in [0.5, 0.6) is 0 Å². The highest BCUT2D eigenvalue weighted by atomic mass is 16.2. The zero-order chi connectivity index (χ0) is 17.3. The fourth-order valence-corrected chi connectivity index (χ4v) is 3.49. The second kappa shape index (κ2) is 6.86. The van der Waals surface area contributed by atoms with Gasteiger partial charge < -0.3 is 15.5 Å². The number of amides is 2. The predicted octanol–water partition coefficient (Wildman–Crippen LogP) is 0.221. The third kappa shape index (κ3) is 3.42. The van der Waals surface area contributed by atoms with Crippen LogP contribution in [0.25, 0.3) is 0 Å². The van der Waals surface area contributed by atoms with Crippen LogP contribution in [0.1, 0.15) is 40.6 Å². The van der Waals surface area contributed by atoms with Crippen molar-refractivity contribution in [3.63, 3.8) is 0 Å². The van der Waals surface area contributed by atoms with Crippen LogP contribution in [0.2, 0.25) is 0 Å². The van der Waals surface area contributed by atoms with Gasteiger partial charge in [0.1, 0.15) is 0 Å². The summed E-state index contributed by atoms with van der Waals surface area (Å²) >= 11 is 0. The van der Waals surface area contributed by atoms with Gasteiger partial charge in [-0.05, 0) is 45.6 Å². The highest BCUT2D eigenvalue weighted by molar-refractivity contribution is 5.97. The van der Waals surface area contributed by atoms with Gasteiger partial charge >= 0.3 is 0 Å². The molecule has 0 saturated carbocycles. The lowest BCUT2D eigenvalue weighted by Crippen LogP contribution is -2.33. The van der Waals surface area contributed by atoms with Crippen LogP contribution >= 0.6 is 0 Å². The molecule has 1 aromatic rings. The third-order valence-corrected chi connectivity index (χ3v) is 4.74. The zero-order valence-corrected chi connectivity index (χ0v) is 14.4. The van der Waals surface area contributed by atoms with E-state index >= 15 is 0 Å². The fraction of sp³-hybridized carbons (Fsp3) is 0.588. The highest BCUT2D eigenvalue weighted by Crippen LogP contribution is 2.32. The first kappa shape index (κ1) is 16.9. The Morgan fingerprint density at radius 3 is 2.92 bits per heavy atom. The second-order valence-corrected chi connectivity index (χ2v) is 6.86. The molecule has 1 unspecified atom stereocenters. The average Bonchev–Trinajstić information content (AvgIpc) is 3.09. The average molecular weight is 331 g/mol. The monoisotopic (exact) mass is 331 g/mol. The molecule has 1 aromatic heterocycles. The maximum absolute atomic E-state index is 12.4. The van der Waals surface area contributed by atoms with Crippen LogP contribution in [0.3, 0.4) is 0 Å². The predicted molar refractivity (Wildman–Crippen MR) is 90.3 cm³/mol. The Morgan fingerprint density at radius 1 is 1.42 bits per heavy atom. The number of hydrogen-bond donors (Lipinski definition) is 1. The summed E-state index contributed by atoms with van der Waals surface area (Å²) in [4.78, 5) is 34.4. The molecule has 0 aromatic carbocycles. The first-order chi connectivity index (χ1) is 11.5. The summed E-state index contributed by atoms with van der Waals surface area (Å²) in [5, 5.41) is 0. The third-order valence-electron chi connectivity index (χ3n) is 4.74. The summed E-state index contributed by atoms with van der Waals surface area (Å²) in [6, 6.07) is 3.93. The normalized spacial score (nSPS) is 20.9. The number of pyridine rings is 1. The summed E-state index contributed by atoms with van der Waals surface area (Å²) in [7, 11) is 3.99. The number of aromatic nitrogens is 1. The molecule has 0 bridgehead atoms. The first-order valence-corrected chi connectivity index (χ1v) is 8.42. The SMILES string of the molecule is CN(C)CCN1Cc2nc(C3CCCN3CC(N)=O)ccc2C1=O. The van der Waals surface area contributed by atoms with Crippen molar-refractivity contribution in [1.82, 2.24) is 19.7 Å². The molecule has 1 fully saturated rings. The molecular weight excluding hydrogens is 306 g/mol. The van der Waals surface area contributed by atoms with E-state index in [0.29, 0.717) is 18.7 Å². The molecule has 1 saturated heterocycles. The van der Waals surface area contributed by atoms with Crippen molar-refractivity contribution in [3.8, 4) is 0 Å². The van der Waals surface area contributed by atoms with E-state index in [4.69, 9.17) is 10.7 Å². The summed E-state index contributed by atoms with van der Waals surface area (Å²) in [5.41, 5.74) is 7.83. The zero-order valence-electron chi connectivity index (χ0n) is 14.4. The molecule has 0 radical (unpaired) electrons. The fourth-order valence-electron chi connectivity index (χ4n) is 3.49. The first-order valence-electron chi connectivity index (χ1n) is 8.42. The lowest BCUT2D eigenvalue weighted by atomic mass is 10.1. The van der Waals surface area contributed by atoms with Crippen molar-refractivity contribution >= 4 is 11.8 Å². The minimum atomic E-state index is -0.312. The summed E-state index contributed by atoms with van der Waals surface area (Å²) < 4.78 is 0. The lowest BCUT2D eigenvalue weighted by molar-refractivity contribution is -0.119. The quantitative estimate of drug-likeness (QED) is 0.806. The Hall–Kier alpha value is -1.99. The number of primary amides is 1. The molecule has 24 heavy (non-hydrogen) atoms. The number of likely N-dealkylation sites (tertiary alicyclic amines) is 1. The molecule has 0 spiro atoms. The summed E-state index contributed by atoms with van der Waals surface area (Å²) in [5.74, 6) is -0.251. The Kier molecular flexibility index (Phi) is 4.82. The maximum Gasteiger partial charge on any atom is 0.256 e. The molecule has 2 N–H and O–H groups in total. The minimum Gasteiger partial charge on any atom is -0.369 e. The van der Waals surface area contributed by atoms with Crippen LogP contribution in [0.4, 0.5) is 0 Å². The largest absolute Gasteiger partial charge is 0.369 e. The Balaban J connectivity index is 1.75. The number of carbonyl (C=O) groups is 2. The van der Waals surface area contributed by atoms with Crippen molar-refractivity contribution in [3.05, 3.63) is 29.1 Å². The maximum atomic E-state index is 12.4. The molecule has 7 heteroatoms. The molecule has 3 rings (SSSR count). The molecule has 1 atom stereocenters. The van der Waals surface area contributed by atoms with Crippen LogP contribution < -0.4 is 5.73 Å². The molecular formula is C17H25N5O2. The van der Waals surface area contributed by atoms with Crippen molar-refractivity contribution < 1.29 is 9.59 Å². The molecule has 130 valence electrons. The van der Waals surface area contributed by atoms with E-state index in [2.05, 4.69) is 9.80 Å². The lowest BCUT2D eigenvalue weighted by Gasteiger charge is -2.22. The summed E-state index contributed by atoms with van der Waals surface area (Å²) in [6.45, 7) is 3.23. The highest BCUT2D eigenvalue weighted by Gasteiger charge is 2.32. The molecule has 2 amide bonds. The van der Waals surface area contributed by atoms with Gasteiger partial charge in [-0.25, -0.2) is 0 Å². The summed E-state index contributed by atoms with van der Waals surface area (Å²) in [6.07, 6.45) is 2.00. The molecule has 3 heterocycles. The van der Waals surface area contributed by atoms with Crippen molar-refractivity contribution in [2.24, 2.45) is 5.73 Å². The van der Waals surface area contributed by atoms with E-state index in [9.17, 15) is 9.59 Å². The van der Waals surface area contributed by atoms with Crippen molar-refractivity contribution in [2.75, 3.05) is 40.3 Å². The number of likely N-dealkylation sites (N-methyl/N-ethyl adjacent to an activating group) is 1. The molecule has 7 nitrogen and oxygen atoms in total. The van der Waals surface area contributed by atoms with Crippen LogP contribution in [0, 0.1) is 0 Å². The van der Waals surface area contributed by atoms with E-state index in [1.807, 2.05) is 31.1 Å². The van der Waals surface area contributed by atoms with Gasteiger partial charge in [0.2, 0.25) is 5.91 Å². The molecule has 2 aliphatic heterocycles. The van der Waals surface area contributed by atoms with Crippen LogP contribution in [-0.4, -0.2) is 71.8 Å². The number of nitrogens with two attached hydrogens (primary N) is 1. The number of fused-ring (bicyclic) bond motifs is 1. The van der Waals surface area contributed by atoms with E-state index in [-0.39, 0.29) is 24.4 Å². The number of hydrogen-bond acceptors (Lipinski definition) is 5. The Bertz CT molecular complexity index is 646. The number of rotatable bonds is 6. The topological polar surface area (TPSA) is 82.8 Å². The van der Waals surface area contributed by atoms with Crippen LogP contribution in [0.15, 0.2) is 12.1 Å². The van der Waals surface area contributed by atoms with Crippen molar-refractivity contribution in [1.29, 1.82) is 0 Å².